The van der Waals surface area contributed by atoms with Gasteiger partial charge >= 0.3 is 0 Å². The second kappa shape index (κ2) is 5.22. The second-order valence-electron chi connectivity index (χ2n) is 4.16. The van der Waals surface area contributed by atoms with Crippen molar-refractivity contribution < 1.29 is 13.5 Å². The number of hydrogen-bond donors (Lipinski definition) is 1. The minimum atomic E-state index is -0.836. The van der Waals surface area contributed by atoms with Gasteiger partial charge in [-0.25, -0.2) is 8.78 Å². The van der Waals surface area contributed by atoms with Crippen LogP contribution in [0.1, 0.15) is 11.1 Å². The number of aryl methyl sites for hydroxylation is 1. The van der Waals surface area contributed by atoms with Crippen molar-refractivity contribution in [3.05, 3.63) is 47.0 Å². The summed E-state index contributed by atoms with van der Waals surface area (Å²) >= 11 is 0. The van der Waals surface area contributed by atoms with E-state index in [9.17, 15) is 8.78 Å². The van der Waals surface area contributed by atoms with Gasteiger partial charge in [0.2, 0.25) is 0 Å². The first kappa shape index (κ1) is 13.3. The second-order valence-corrected chi connectivity index (χ2v) is 4.16. The quantitative estimate of drug-likeness (QED) is 0.915. The summed E-state index contributed by atoms with van der Waals surface area (Å²) in [5, 5.41) is 2.54. The van der Waals surface area contributed by atoms with Crippen LogP contribution >= 0.6 is 0 Å². The van der Waals surface area contributed by atoms with Gasteiger partial charge in [-0.15, -0.1) is 0 Å². The highest BCUT2D eigenvalue weighted by Gasteiger charge is 2.14. The van der Waals surface area contributed by atoms with Crippen LogP contribution < -0.4 is 10.1 Å². The molecule has 19 heavy (non-hydrogen) atoms. The number of halogens is 2. The van der Waals surface area contributed by atoms with Crippen molar-refractivity contribution in [3.8, 4) is 11.6 Å². The van der Waals surface area contributed by atoms with Crippen LogP contribution in [0, 0.1) is 25.5 Å². The SMILES string of the molecule is CNc1nc(Oc2cccc(C)c2C)c(F)cc1F. The number of nitrogens with one attached hydrogen (secondary N) is 1. The third-order valence-corrected chi connectivity index (χ3v) is 2.90. The summed E-state index contributed by atoms with van der Waals surface area (Å²) in [5.41, 5.74) is 1.91. The predicted molar refractivity (Wildman–Crippen MR) is 69.7 cm³/mol. The van der Waals surface area contributed by atoms with Crippen molar-refractivity contribution in [2.75, 3.05) is 12.4 Å². The molecule has 100 valence electrons. The largest absolute Gasteiger partial charge is 0.436 e. The molecule has 0 amide bonds. The summed E-state index contributed by atoms with van der Waals surface area (Å²) in [4.78, 5) is 3.77. The molecule has 1 aromatic heterocycles. The zero-order valence-corrected chi connectivity index (χ0v) is 10.9. The summed E-state index contributed by atoms with van der Waals surface area (Å²) in [5.74, 6) is -1.40. The van der Waals surface area contributed by atoms with Gasteiger partial charge in [0.15, 0.2) is 17.5 Å². The van der Waals surface area contributed by atoms with E-state index in [1.54, 1.807) is 12.1 Å². The minimum absolute atomic E-state index is 0.0540. The molecule has 1 heterocycles. The van der Waals surface area contributed by atoms with Gasteiger partial charge in [0.1, 0.15) is 5.75 Å². The third kappa shape index (κ3) is 2.65. The van der Waals surface area contributed by atoms with E-state index in [2.05, 4.69) is 10.3 Å². The Morgan fingerprint density at radius 3 is 2.58 bits per heavy atom. The van der Waals surface area contributed by atoms with E-state index in [0.29, 0.717) is 5.75 Å². The number of pyridine rings is 1. The van der Waals surface area contributed by atoms with Gasteiger partial charge in [0.25, 0.3) is 5.88 Å². The molecule has 0 saturated heterocycles. The van der Waals surface area contributed by atoms with Crippen molar-refractivity contribution in [1.82, 2.24) is 4.98 Å². The fraction of sp³-hybridized carbons (Fsp3) is 0.214. The molecule has 1 N–H and O–H groups in total. The van der Waals surface area contributed by atoms with Gasteiger partial charge in [-0.3, -0.25) is 0 Å². The molecule has 0 unspecified atom stereocenters. The van der Waals surface area contributed by atoms with Crippen LogP contribution in [0.3, 0.4) is 0 Å². The van der Waals surface area contributed by atoms with E-state index in [1.165, 1.54) is 7.05 Å². The molecule has 0 aliphatic carbocycles. The number of rotatable bonds is 3. The molecule has 0 aliphatic rings. The van der Waals surface area contributed by atoms with E-state index in [1.807, 2.05) is 19.9 Å². The molecular formula is C14H14F2N2O. The first-order chi connectivity index (χ1) is 9.02. The van der Waals surface area contributed by atoms with Gasteiger partial charge in [-0.05, 0) is 31.0 Å². The molecule has 0 fully saturated rings. The molecule has 0 aliphatic heterocycles. The lowest BCUT2D eigenvalue weighted by Gasteiger charge is -2.11. The Balaban J connectivity index is 2.41. The highest BCUT2D eigenvalue weighted by Crippen LogP contribution is 2.29. The molecule has 0 atom stereocenters. The van der Waals surface area contributed by atoms with E-state index in [0.717, 1.165) is 17.2 Å². The van der Waals surface area contributed by atoms with Crippen LogP contribution in [0.4, 0.5) is 14.6 Å². The normalized spacial score (nSPS) is 10.4. The Bertz CT molecular complexity index is 615. The first-order valence-electron chi connectivity index (χ1n) is 5.80. The molecule has 0 radical (unpaired) electrons. The summed E-state index contributed by atoms with van der Waals surface area (Å²) < 4.78 is 32.3. The predicted octanol–water partition coefficient (Wildman–Crippen LogP) is 3.81. The summed E-state index contributed by atoms with van der Waals surface area (Å²) in [6, 6.07) is 6.19. The van der Waals surface area contributed by atoms with E-state index < -0.39 is 11.6 Å². The van der Waals surface area contributed by atoms with Gasteiger partial charge in [-0.1, -0.05) is 12.1 Å². The monoisotopic (exact) mass is 264 g/mol. The lowest BCUT2D eigenvalue weighted by molar-refractivity contribution is 0.415. The fourth-order valence-electron chi connectivity index (χ4n) is 1.64. The third-order valence-electron chi connectivity index (χ3n) is 2.90. The molecule has 0 spiro atoms. The number of aromatic nitrogens is 1. The average Bonchev–Trinajstić information content (AvgIpc) is 2.38. The number of anilines is 1. The smallest absolute Gasteiger partial charge is 0.258 e. The van der Waals surface area contributed by atoms with E-state index >= 15 is 0 Å². The molecular weight excluding hydrogens is 250 g/mol. The van der Waals surface area contributed by atoms with Crippen LogP contribution in [0.15, 0.2) is 24.3 Å². The fourth-order valence-corrected chi connectivity index (χ4v) is 1.64. The number of nitrogens with zero attached hydrogens (tertiary/aromatic N) is 1. The lowest BCUT2D eigenvalue weighted by atomic mass is 10.1. The van der Waals surface area contributed by atoms with Crippen LogP contribution in [0.25, 0.3) is 0 Å². The zero-order chi connectivity index (χ0) is 14.0. The van der Waals surface area contributed by atoms with E-state index in [4.69, 9.17) is 4.74 Å². The maximum atomic E-state index is 13.6. The van der Waals surface area contributed by atoms with Crippen LogP contribution in [-0.2, 0) is 0 Å². The van der Waals surface area contributed by atoms with Crippen LogP contribution in [0.2, 0.25) is 0 Å². The van der Waals surface area contributed by atoms with Crippen molar-refractivity contribution in [2.24, 2.45) is 0 Å². The summed E-state index contributed by atoms with van der Waals surface area (Å²) in [6.45, 7) is 3.79. The highest BCUT2D eigenvalue weighted by atomic mass is 19.1. The van der Waals surface area contributed by atoms with Gasteiger partial charge < -0.3 is 10.1 Å². The Morgan fingerprint density at radius 1 is 1.16 bits per heavy atom. The topological polar surface area (TPSA) is 34.2 Å². The summed E-state index contributed by atoms with van der Waals surface area (Å²) in [6.07, 6.45) is 0. The number of benzene rings is 1. The molecule has 2 rings (SSSR count). The number of ether oxygens (including phenoxy) is 1. The van der Waals surface area contributed by atoms with Crippen molar-refractivity contribution >= 4 is 5.82 Å². The summed E-state index contributed by atoms with van der Waals surface area (Å²) in [7, 11) is 1.50. The Labute approximate surface area is 110 Å². The van der Waals surface area contributed by atoms with Crippen LogP contribution in [0.5, 0.6) is 11.6 Å². The maximum Gasteiger partial charge on any atom is 0.258 e. The van der Waals surface area contributed by atoms with Gasteiger partial charge in [-0.2, -0.15) is 4.98 Å². The van der Waals surface area contributed by atoms with Crippen molar-refractivity contribution in [2.45, 2.75) is 13.8 Å². The highest BCUT2D eigenvalue weighted by molar-refractivity contribution is 5.43. The standard InChI is InChI=1S/C14H14F2N2O/c1-8-5-4-6-12(9(8)2)19-14-11(16)7-10(15)13(17-3)18-14/h4-7H,1-3H3,(H,17,18). The molecule has 5 heteroatoms. The van der Waals surface area contributed by atoms with Gasteiger partial charge in [0, 0.05) is 13.1 Å². The Hall–Kier alpha value is -2.17. The number of hydrogen-bond acceptors (Lipinski definition) is 3. The van der Waals surface area contributed by atoms with Crippen LogP contribution in [-0.4, -0.2) is 12.0 Å². The lowest BCUT2D eigenvalue weighted by Crippen LogP contribution is -2.01. The maximum absolute atomic E-state index is 13.6. The molecule has 0 saturated carbocycles. The molecule has 3 nitrogen and oxygen atoms in total. The van der Waals surface area contributed by atoms with E-state index in [-0.39, 0.29) is 11.7 Å². The minimum Gasteiger partial charge on any atom is -0.436 e. The molecule has 0 bridgehead atoms. The van der Waals surface area contributed by atoms with Gasteiger partial charge in [0.05, 0.1) is 0 Å². The first-order valence-corrected chi connectivity index (χ1v) is 5.80. The molecule has 2 aromatic rings. The average molecular weight is 264 g/mol. The zero-order valence-electron chi connectivity index (χ0n) is 10.9. The Kier molecular flexibility index (Phi) is 3.64. The van der Waals surface area contributed by atoms with Crippen molar-refractivity contribution in [1.29, 1.82) is 0 Å². The molecule has 1 aromatic carbocycles. The van der Waals surface area contributed by atoms with Crippen molar-refractivity contribution in [3.63, 3.8) is 0 Å². The Morgan fingerprint density at radius 2 is 1.89 bits per heavy atom.